The molecule has 1 fully saturated rings. The largest absolute Gasteiger partial charge is 0.459 e. The Kier molecular flexibility index (Phi) is 7.31. The first-order valence-corrected chi connectivity index (χ1v) is 11.4. The Morgan fingerprint density at radius 1 is 1.09 bits per heavy atom. The smallest absolute Gasteiger partial charge is 0.325 e. The highest BCUT2D eigenvalue weighted by molar-refractivity contribution is 7.89. The number of nitrogens with zero attached hydrogens (tertiary/aromatic N) is 2. The maximum Gasteiger partial charge on any atom is 0.325 e. The SMILES string of the molecule is Cc1ccc(S(=O)(=O)N2CCN(C(=O)COC(=O)CNC(=O)c3ccco3)CC2)c(C)c1. The third-order valence-electron chi connectivity index (χ3n) is 5.03. The van der Waals surface area contributed by atoms with E-state index in [0.717, 1.165) is 5.56 Å². The standard InChI is InChI=1S/C21H25N3O7S/c1-15-5-6-18(16(2)12-15)32(28,29)24-9-7-23(8-10-24)19(25)14-31-20(26)13-22-21(27)17-4-3-11-30-17/h3-6,11-12H,7-10,13-14H2,1-2H3,(H,22,27). The van der Waals surface area contributed by atoms with E-state index in [0.29, 0.717) is 5.56 Å². The highest BCUT2D eigenvalue weighted by Crippen LogP contribution is 2.22. The van der Waals surface area contributed by atoms with Crippen LogP contribution in [0, 0.1) is 13.8 Å². The number of ether oxygens (including phenoxy) is 1. The highest BCUT2D eigenvalue weighted by Gasteiger charge is 2.31. The molecule has 0 aliphatic carbocycles. The highest BCUT2D eigenvalue weighted by atomic mass is 32.2. The second-order valence-corrected chi connectivity index (χ2v) is 9.28. The molecule has 2 heterocycles. The van der Waals surface area contributed by atoms with E-state index in [-0.39, 0.29) is 36.8 Å². The summed E-state index contributed by atoms with van der Waals surface area (Å²) in [5, 5.41) is 2.33. The number of esters is 1. The summed E-state index contributed by atoms with van der Waals surface area (Å²) in [6, 6.07) is 8.16. The maximum atomic E-state index is 12.9. The molecule has 1 saturated heterocycles. The summed E-state index contributed by atoms with van der Waals surface area (Å²) in [4.78, 5) is 37.5. The lowest BCUT2D eigenvalue weighted by Gasteiger charge is -2.34. The van der Waals surface area contributed by atoms with E-state index in [1.54, 1.807) is 25.1 Å². The Morgan fingerprint density at radius 2 is 1.81 bits per heavy atom. The van der Waals surface area contributed by atoms with Crippen LogP contribution in [0.5, 0.6) is 0 Å². The molecule has 3 rings (SSSR count). The molecule has 1 aliphatic heterocycles. The first-order valence-electron chi connectivity index (χ1n) is 10.0. The van der Waals surface area contributed by atoms with E-state index in [1.165, 1.54) is 21.5 Å². The minimum absolute atomic E-state index is 0.0579. The molecule has 1 aliphatic rings. The minimum Gasteiger partial charge on any atom is -0.459 e. The van der Waals surface area contributed by atoms with Crippen LogP contribution in [0.4, 0.5) is 0 Å². The van der Waals surface area contributed by atoms with Crippen molar-refractivity contribution in [3.63, 3.8) is 0 Å². The van der Waals surface area contributed by atoms with Crippen molar-refractivity contribution in [3.8, 4) is 0 Å². The molecular formula is C21H25N3O7S. The summed E-state index contributed by atoms with van der Waals surface area (Å²) in [7, 11) is -3.66. The molecule has 11 heteroatoms. The van der Waals surface area contributed by atoms with Crippen molar-refractivity contribution in [3.05, 3.63) is 53.5 Å². The first kappa shape index (κ1) is 23.5. The molecule has 1 N–H and O–H groups in total. The van der Waals surface area contributed by atoms with E-state index in [1.807, 2.05) is 13.0 Å². The van der Waals surface area contributed by atoms with Gasteiger partial charge >= 0.3 is 5.97 Å². The van der Waals surface area contributed by atoms with Crippen molar-refractivity contribution in [1.29, 1.82) is 0 Å². The lowest BCUT2D eigenvalue weighted by Crippen LogP contribution is -2.51. The number of piperazine rings is 1. The molecule has 0 radical (unpaired) electrons. The maximum absolute atomic E-state index is 12.9. The number of benzene rings is 1. The monoisotopic (exact) mass is 463 g/mol. The molecule has 1 aromatic heterocycles. The van der Waals surface area contributed by atoms with Gasteiger partial charge in [0.05, 0.1) is 11.2 Å². The third-order valence-corrected chi connectivity index (χ3v) is 7.09. The van der Waals surface area contributed by atoms with Gasteiger partial charge in [0.2, 0.25) is 10.0 Å². The van der Waals surface area contributed by atoms with Crippen molar-refractivity contribution in [2.24, 2.45) is 0 Å². The van der Waals surface area contributed by atoms with E-state index in [9.17, 15) is 22.8 Å². The topological polar surface area (TPSA) is 126 Å². The predicted molar refractivity (Wildman–Crippen MR) is 113 cm³/mol. The summed E-state index contributed by atoms with van der Waals surface area (Å²) in [6.45, 7) is 3.43. The summed E-state index contributed by atoms with van der Waals surface area (Å²) in [5.74, 6) is -1.71. The molecule has 10 nitrogen and oxygen atoms in total. The number of rotatable bonds is 7. The fourth-order valence-corrected chi connectivity index (χ4v) is 4.97. The van der Waals surface area contributed by atoms with Crippen molar-refractivity contribution in [2.75, 3.05) is 39.3 Å². The number of hydrogen-bond donors (Lipinski definition) is 1. The molecule has 2 aromatic rings. The van der Waals surface area contributed by atoms with Gasteiger partial charge < -0.3 is 19.4 Å². The molecule has 2 amide bonds. The van der Waals surface area contributed by atoms with Crippen LogP contribution in [-0.2, 0) is 24.3 Å². The molecule has 0 spiro atoms. The molecule has 172 valence electrons. The fraction of sp³-hybridized carbons (Fsp3) is 0.381. The molecule has 0 unspecified atom stereocenters. The van der Waals surface area contributed by atoms with Crippen molar-refractivity contribution in [1.82, 2.24) is 14.5 Å². The van der Waals surface area contributed by atoms with Crippen LogP contribution in [0.2, 0.25) is 0 Å². The summed E-state index contributed by atoms with van der Waals surface area (Å²) in [5.41, 5.74) is 1.65. The van der Waals surface area contributed by atoms with Crippen LogP contribution in [0.1, 0.15) is 21.7 Å². The Labute approximate surface area is 186 Å². The lowest BCUT2D eigenvalue weighted by atomic mass is 10.2. The van der Waals surface area contributed by atoms with Crippen LogP contribution in [0.15, 0.2) is 45.9 Å². The number of amides is 2. The number of aryl methyl sites for hydroxylation is 2. The van der Waals surface area contributed by atoms with Gasteiger partial charge in [-0.2, -0.15) is 4.31 Å². The number of furan rings is 1. The van der Waals surface area contributed by atoms with Gasteiger partial charge in [0.1, 0.15) is 6.54 Å². The minimum atomic E-state index is -3.66. The van der Waals surface area contributed by atoms with Crippen LogP contribution in [0.3, 0.4) is 0 Å². The molecular weight excluding hydrogens is 438 g/mol. The molecule has 0 bridgehead atoms. The van der Waals surface area contributed by atoms with Crippen molar-refractivity contribution in [2.45, 2.75) is 18.7 Å². The van der Waals surface area contributed by atoms with Crippen molar-refractivity contribution < 1.29 is 32.0 Å². The van der Waals surface area contributed by atoms with Gasteiger partial charge in [0.25, 0.3) is 11.8 Å². The number of carbonyl (C=O) groups excluding carboxylic acids is 3. The molecule has 1 aromatic carbocycles. The average Bonchev–Trinajstić information content (AvgIpc) is 3.30. The zero-order valence-electron chi connectivity index (χ0n) is 17.9. The van der Waals surface area contributed by atoms with Crippen molar-refractivity contribution >= 4 is 27.8 Å². The zero-order valence-corrected chi connectivity index (χ0v) is 18.7. The lowest BCUT2D eigenvalue weighted by molar-refractivity contribution is -0.151. The Morgan fingerprint density at radius 3 is 2.44 bits per heavy atom. The third kappa shape index (κ3) is 5.54. The van der Waals surface area contributed by atoms with Gasteiger partial charge in [-0.1, -0.05) is 17.7 Å². The van der Waals surface area contributed by atoms with Crippen LogP contribution in [-0.4, -0.2) is 74.7 Å². The Balaban J connectivity index is 1.45. The average molecular weight is 464 g/mol. The summed E-state index contributed by atoms with van der Waals surface area (Å²) >= 11 is 0. The number of hydrogen-bond acceptors (Lipinski definition) is 7. The molecule has 0 atom stereocenters. The van der Waals surface area contributed by atoms with Gasteiger partial charge in [0.15, 0.2) is 12.4 Å². The van der Waals surface area contributed by atoms with Gasteiger partial charge in [-0.05, 0) is 37.6 Å². The fourth-order valence-electron chi connectivity index (χ4n) is 3.34. The van der Waals surface area contributed by atoms with E-state index >= 15 is 0 Å². The van der Waals surface area contributed by atoms with Crippen LogP contribution in [0.25, 0.3) is 0 Å². The van der Waals surface area contributed by atoms with Gasteiger partial charge in [-0.25, -0.2) is 8.42 Å². The number of sulfonamides is 1. The van der Waals surface area contributed by atoms with E-state index in [2.05, 4.69) is 5.32 Å². The van der Waals surface area contributed by atoms with E-state index in [4.69, 9.17) is 9.15 Å². The van der Waals surface area contributed by atoms with Gasteiger partial charge in [-0.3, -0.25) is 14.4 Å². The Hall–Kier alpha value is -3.18. The zero-order chi connectivity index (χ0) is 23.3. The van der Waals surface area contributed by atoms with Gasteiger partial charge in [0, 0.05) is 26.2 Å². The quantitative estimate of drug-likeness (QED) is 0.599. The normalized spacial score (nSPS) is 14.8. The van der Waals surface area contributed by atoms with Crippen LogP contribution < -0.4 is 5.32 Å². The second-order valence-electron chi connectivity index (χ2n) is 7.37. The van der Waals surface area contributed by atoms with E-state index < -0.39 is 41.0 Å². The predicted octanol–water partition coefficient (Wildman–Crippen LogP) is 0.703. The number of nitrogens with one attached hydrogen (secondary N) is 1. The molecule has 32 heavy (non-hydrogen) atoms. The first-order chi connectivity index (χ1) is 15.2. The summed E-state index contributed by atoms with van der Waals surface area (Å²) in [6.07, 6.45) is 1.33. The van der Waals surface area contributed by atoms with Gasteiger partial charge in [-0.15, -0.1) is 0 Å². The molecule has 0 saturated carbocycles. The Bertz CT molecular complexity index is 1090. The summed E-state index contributed by atoms with van der Waals surface area (Å²) < 4.78 is 37.0. The second kappa shape index (κ2) is 9.96. The van der Waals surface area contributed by atoms with Crippen LogP contribution >= 0.6 is 0 Å². The number of carbonyl (C=O) groups is 3.